The predicted molar refractivity (Wildman–Crippen MR) is 186 cm³/mol. The molecule has 0 saturated carbocycles. The lowest BCUT2D eigenvalue weighted by atomic mass is 9.80. The Hall–Kier alpha value is -3.32. The van der Waals surface area contributed by atoms with Crippen LogP contribution in [0.3, 0.4) is 0 Å². The van der Waals surface area contributed by atoms with Gasteiger partial charge in [0.2, 0.25) is 11.8 Å². The van der Waals surface area contributed by atoms with Crippen molar-refractivity contribution < 1.29 is 24.3 Å². The molecule has 48 heavy (non-hydrogen) atoms. The van der Waals surface area contributed by atoms with Gasteiger partial charge in [0, 0.05) is 32.1 Å². The first-order valence-electron chi connectivity index (χ1n) is 17.5. The van der Waals surface area contributed by atoms with E-state index in [9.17, 15) is 19.8 Å². The molecule has 11 nitrogen and oxygen atoms in total. The molecule has 3 aliphatic rings. The Morgan fingerprint density at radius 3 is 2.50 bits per heavy atom. The lowest BCUT2D eigenvalue weighted by Crippen LogP contribution is -2.48. The minimum absolute atomic E-state index is 0.0916. The second-order valence-corrected chi connectivity index (χ2v) is 15.3. The van der Waals surface area contributed by atoms with Crippen molar-refractivity contribution in [2.75, 3.05) is 37.6 Å². The van der Waals surface area contributed by atoms with E-state index < -0.39 is 23.7 Å². The highest BCUT2D eigenvalue weighted by Crippen LogP contribution is 2.36. The average molecular weight is 679 g/mol. The Kier molecular flexibility index (Phi) is 10.5. The number of β-amino-alcohol motifs (C(OH)–C–C–N with tert-alkyl or cyclic N) is 1. The van der Waals surface area contributed by atoms with Crippen molar-refractivity contribution in [3.63, 3.8) is 0 Å². The lowest BCUT2D eigenvalue weighted by molar-refractivity contribution is -0.141. The molecule has 1 aromatic carbocycles. The number of hydrogen-bond donors (Lipinski definition) is 4. The van der Waals surface area contributed by atoms with Gasteiger partial charge >= 0.3 is 0 Å². The van der Waals surface area contributed by atoms with Gasteiger partial charge in [-0.2, -0.15) is 0 Å². The number of piperidine rings is 2. The van der Waals surface area contributed by atoms with E-state index in [1.54, 1.807) is 11.3 Å². The number of thiazole rings is 1. The van der Waals surface area contributed by atoms with Gasteiger partial charge in [0.05, 0.1) is 33.8 Å². The molecule has 260 valence electrons. The minimum atomic E-state index is -0.788. The van der Waals surface area contributed by atoms with E-state index in [0.29, 0.717) is 17.5 Å². The number of aliphatic hydroxyl groups excluding tert-OH is 1. The van der Waals surface area contributed by atoms with E-state index in [4.69, 9.17) is 4.52 Å². The average Bonchev–Trinajstić information content (AvgIpc) is 3.82. The molecule has 0 aliphatic carbocycles. The van der Waals surface area contributed by atoms with Gasteiger partial charge in [0.1, 0.15) is 12.0 Å². The molecule has 3 saturated heterocycles. The molecule has 2 aromatic heterocycles. The van der Waals surface area contributed by atoms with E-state index >= 15 is 0 Å². The van der Waals surface area contributed by atoms with Crippen molar-refractivity contribution in [1.29, 1.82) is 0 Å². The number of aliphatic hydroxyl groups is 2. The summed E-state index contributed by atoms with van der Waals surface area (Å²) in [6.45, 7) is 11.3. The van der Waals surface area contributed by atoms with Gasteiger partial charge in [0.25, 0.3) is 0 Å². The first kappa shape index (κ1) is 34.5. The molecule has 0 bridgehead atoms. The van der Waals surface area contributed by atoms with Crippen molar-refractivity contribution >= 4 is 29.0 Å². The minimum Gasteiger partial charge on any atom is -0.391 e. The lowest BCUT2D eigenvalue weighted by Gasteiger charge is -2.39. The number of carbonyl (C=O) groups is 2. The third-order valence-electron chi connectivity index (χ3n) is 10.5. The molecular formula is C36H50N6O5S. The summed E-state index contributed by atoms with van der Waals surface area (Å²) in [5.74, 6) is 0.378. The number of carbonyl (C=O) groups excluding carboxylic acids is 2. The van der Waals surface area contributed by atoms with Crippen molar-refractivity contribution in [2.24, 2.45) is 11.8 Å². The fraction of sp³-hybridized carbons (Fsp3) is 0.611. The number of hydrogen-bond acceptors (Lipinski definition) is 10. The molecule has 2 amide bonds. The fourth-order valence-electron chi connectivity index (χ4n) is 7.69. The van der Waals surface area contributed by atoms with Crippen molar-refractivity contribution in [3.05, 3.63) is 52.9 Å². The maximum atomic E-state index is 14.1. The Balaban J connectivity index is 1.08. The summed E-state index contributed by atoms with van der Waals surface area (Å²) in [5, 5.41) is 32.4. The van der Waals surface area contributed by atoms with Crippen LogP contribution in [0, 0.1) is 18.8 Å². The van der Waals surface area contributed by atoms with Crippen LogP contribution in [0.5, 0.6) is 0 Å². The number of rotatable bonds is 10. The molecule has 3 aliphatic heterocycles. The van der Waals surface area contributed by atoms with Crippen LogP contribution in [0.15, 0.2) is 40.4 Å². The molecule has 3 aromatic rings. The van der Waals surface area contributed by atoms with Gasteiger partial charge in [-0.05, 0) is 82.0 Å². The van der Waals surface area contributed by atoms with Crippen molar-refractivity contribution in [1.82, 2.24) is 25.7 Å². The standard InChI is InChI=1S/C36H50N6O5S/c1-22(2)32(30-18-31(40-47-30)41-15-9-25(10-16-41)19-36(46)11-13-37-14-12-36)35(45)42-20-28(43)17-29(42)34(44)39-23(3)26-5-7-27(8-6-26)33-24(4)38-21-48-33/h5-8,18,21-23,25,28-29,32,37,43,46H,9-17,19-20H2,1-4H3,(H,39,44)/t23-,28+,29-,32+/m0/s1. The number of aryl methyl sites for hydroxylation is 1. The van der Waals surface area contributed by atoms with Crippen LogP contribution in [-0.4, -0.2) is 87.5 Å². The molecule has 5 heterocycles. The molecule has 12 heteroatoms. The second-order valence-electron chi connectivity index (χ2n) is 14.4. The van der Waals surface area contributed by atoms with Crippen LogP contribution in [0.25, 0.3) is 10.4 Å². The third-order valence-corrected chi connectivity index (χ3v) is 11.5. The third kappa shape index (κ3) is 7.61. The maximum absolute atomic E-state index is 14.1. The fourth-order valence-corrected chi connectivity index (χ4v) is 8.50. The number of anilines is 1. The van der Waals surface area contributed by atoms with Gasteiger partial charge in [-0.3, -0.25) is 9.59 Å². The number of nitrogens with zero attached hydrogens (tertiary/aromatic N) is 4. The summed E-state index contributed by atoms with van der Waals surface area (Å²) in [4.78, 5) is 36.9. The summed E-state index contributed by atoms with van der Waals surface area (Å²) < 4.78 is 5.82. The summed E-state index contributed by atoms with van der Waals surface area (Å²) in [7, 11) is 0. The van der Waals surface area contributed by atoms with Gasteiger partial charge in [-0.1, -0.05) is 43.3 Å². The summed E-state index contributed by atoms with van der Waals surface area (Å²) in [5.41, 5.74) is 4.30. The summed E-state index contributed by atoms with van der Waals surface area (Å²) in [6, 6.07) is 8.87. The van der Waals surface area contributed by atoms with Crippen LogP contribution < -0.4 is 15.5 Å². The number of amides is 2. The van der Waals surface area contributed by atoms with E-state index in [-0.39, 0.29) is 36.7 Å². The van der Waals surface area contributed by atoms with Crippen LogP contribution in [0.2, 0.25) is 0 Å². The highest BCUT2D eigenvalue weighted by molar-refractivity contribution is 7.13. The molecule has 4 N–H and O–H groups in total. The number of benzene rings is 1. The van der Waals surface area contributed by atoms with Crippen LogP contribution >= 0.6 is 11.3 Å². The largest absolute Gasteiger partial charge is 0.391 e. The van der Waals surface area contributed by atoms with E-state index in [0.717, 1.165) is 80.0 Å². The van der Waals surface area contributed by atoms with Crippen LogP contribution in [0.4, 0.5) is 5.82 Å². The molecule has 3 fully saturated rings. The van der Waals surface area contributed by atoms with Crippen LogP contribution in [-0.2, 0) is 9.59 Å². The molecule has 6 rings (SSSR count). The maximum Gasteiger partial charge on any atom is 0.243 e. The Morgan fingerprint density at radius 1 is 1.15 bits per heavy atom. The van der Waals surface area contributed by atoms with E-state index in [2.05, 4.69) is 25.7 Å². The highest BCUT2D eigenvalue weighted by atomic mass is 32.1. The number of nitrogens with one attached hydrogen (secondary N) is 2. The van der Waals surface area contributed by atoms with Gasteiger partial charge in [-0.25, -0.2) is 4.98 Å². The van der Waals surface area contributed by atoms with Gasteiger partial charge in [0.15, 0.2) is 11.6 Å². The quantitative estimate of drug-likeness (QED) is 0.245. The normalized spacial score (nSPS) is 23.0. The number of likely N-dealkylation sites (tertiary alicyclic amines) is 1. The molecular weight excluding hydrogens is 629 g/mol. The monoisotopic (exact) mass is 678 g/mol. The summed E-state index contributed by atoms with van der Waals surface area (Å²) >= 11 is 1.60. The second kappa shape index (κ2) is 14.7. The van der Waals surface area contributed by atoms with Crippen LogP contribution in [0.1, 0.15) is 88.3 Å². The molecule has 0 radical (unpaired) electrons. The highest BCUT2D eigenvalue weighted by Gasteiger charge is 2.44. The zero-order chi connectivity index (χ0) is 34.0. The first-order valence-corrected chi connectivity index (χ1v) is 18.3. The zero-order valence-electron chi connectivity index (χ0n) is 28.5. The molecule has 4 atom stereocenters. The Morgan fingerprint density at radius 2 is 1.85 bits per heavy atom. The van der Waals surface area contributed by atoms with Crippen molar-refractivity contribution in [2.45, 2.75) is 95.9 Å². The smallest absolute Gasteiger partial charge is 0.243 e. The predicted octanol–water partition coefficient (Wildman–Crippen LogP) is 4.41. The van der Waals surface area contributed by atoms with Gasteiger partial charge in [-0.15, -0.1) is 11.3 Å². The van der Waals surface area contributed by atoms with E-state index in [1.807, 2.05) is 63.5 Å². The Bertz CT molecular complexity index is 1540. The first-order chi connectivity index (χ1) is 23.0. The molecule has 0 unspecified atom stereocenters. The molecule has 0 spiro atoms. The topological polar surface area (TPSA) is 144 Å². The zero-order valence-corrected chi connectivity index (χ0v) is 29.3. The SMILES string of the molecule is Cc1ncsc1-c1ccc([C@H](C)NC(=O)[C@@H]2C[C@@H](O)CN2C(=O)[C@@H](c2cc(N3CCC(CC4(O)CCNCC4)CC3)no2)C(C)C)cc1. The van der Waals surface area contributed by atoms with Gasteiger partial charge < -0.3 is 35.2 Å². The summed E-state index contributed by atoms with van der Waals surface area (Å²) in [6.07, 6.45) is 3.79. The van der Waals surface area contributed by atoms with Crippen molar-refractivity contribution in [3.8, 4) is 10.4 Å². The Labute approximate surface area is 287 Å². The number of aromatic nitrogens is 2. The van der Waals surface area contributed by atoms with E-state index in [1.165, 1.54) is 4.90 Å².